The molecule has 84 valence electrons. The highest BCUT2D eigenvalue weighted by Gasteiger charge is 2.15. The quantitative estimate of drug-likeness (QED) is 0.625. The molecule has 0 aliphatic carbocycles. The molecule has 0 aliphatic heterocycles. The van der Waals surface area contributed by atoms with E-state index in [0.717, 1.165) is 4.21 Å². The molecule has 1 heterocycles. The van der Waals surface area contributed by atoms with E-state index in [9.17, 15) is 10.1 Å². The molecule has 0 aliphatic rings. The third-order valence-corrected chi connectivity index (χ3v) is 4.08. The molecule has 0 saturated carbocycles. The molecule has 1 aromatic heterocycles. The van der Waals surface area contributed by atoms with Gasteiger partial charge in [0.25, 0.3) is 5.69 Å². The molecular formula is C11H6N2O2S2. The Morgan fingerprint density at radius 1 is 1.41 bits per heavy atom. The number of nitro benzene ring substituents is 1. The first-order chi connectivity index (χ1) is 8.20. The summed E-state index contributed by atoms with van der Waals surface area (Å²) in [4.78, 5) is 10.9. The summed E-state index contributed by atoms with van der Waals surface area (Å²) in [7, 11) is 0. The minimum atomic E-state index is -0.433. The van der Waals surface area contributed by atoms with E-state index in [2.05, 4.69) is 0 Å². The van der Waals surface area contributed by atoms with Gasteiger partial charge >= 0.3 is 0 Å². The van der Waals surface area contributed by atoms with E-state index in [1.54, 1.807) is 6.07 Å². The predicted molar refractivity (Wildman–Crippen MR) is 66.3 cm³/mol. The Balaban J connectivity index is 2.42. The highest BCUT2D eigenvalue weighted by Crippen LogP contribution is 2.37. The van der Waals surface area contributed by atoms with Crippen molar-refractivity contribution in [3.63, 3.8) is 0 Å². The predicted octanol–water partition coefficient (Wildman–Crippen LogP) is 3.68. The maximum atomic E-state index is 10.9. The Kier molecular flexibility index (Phi) is 3.42. The zero-order valence-corrected chi connectivity index (χ0v) is 10.1. The highest BCUT2D eigenvalue weighted by atomic mass is 32.2. The van der Waals surface area contributed by atoms with Crippen molar-refractivity contribution in [2.45, 2.75) is 9.10 Å². The largest absolute Gasteiger partial charge is 0.283 e. The molecule has 0 saturated heterocycles. The van der Waals surface area contributed by atoms with Crippen molar-refractivity contribution in [1.82, 2.24) is 0 Å². The summed E-state index contributed by atoms with van der Waals surface area (Å²) in [6.07, 6.45) is 0. The number of hydrogen-bond acceptors (Lipinski definition) is 5. The lowest BCUT2D eigenvalue weighted by molar-refractivity contribution is -0.387. The Bertz CT molecular complexity index is 588. The van der Waals surface area contributed by atoms with Crippen molar-refractivity contribution in [2.24, 2.45) is 0 Å². The van der Waals surface area contributed by atoms with E-state index < -0.39 is 4.92 Å². The van der Waals surface area contributed by atoms with E-state index in [1.165, 1.54) is 35.2 Å². The van der Waals surface area contributed by atoms with Gasteiger partial charge < -0.3 is 0 Å². The van der Waals surface area contributed by atoms with Gasteiger partial charge in [-0.1, -0.05) is 17.8 Å². The Morgan fingerprint density at radius 3 is 2.82 bits per heavy atom. The van der Waals surface area contributed by atoms with Crippen LogP contribution in [0.15, 0.2) is 44.8 Å². The topological polar surface area (TPSA) is 66.9 Å². The van der Waals surface area contributed by atoms with Gasteiger partial charge in [-0.15, -0.1) is 11.3 Å². The SMILES string of the molecule is N#Cc1ccc([N+](=O)[O-])c(Sc2cccs2)c1. The van der Waals surface area contributed by atoms with Crippen LogP contribution in [0.4, 0.5) is 5.69 Å². The molecule has 0 radical (unpaired) electrons. The lowest BCUT2D eigenvalue weighted by Gasteiger charge is -2.01. The summed E-state index contributed by atoms with van der Waals surface area (Å²) in [5.74, 6) is 0. The molecule has 0 fully saturated rings. The molecule has 2 aromatic rings. The van der Waals surface area contributed by atoms with Crippen LogP contribution in [0.2, 0.25) is 0 Å². The molecule has 6 heteroatoms. The standard InChI is InChI=1S/C11H6N2O2S2/c12-7-8-3-4-9(13(14)15)10(6-8)17-11-2-1-5-16-11/h1-6H. The smallest absolute Gasteiger partial charge is 0.258 e. The van der Waals surface area contributed by atoms with Gasteiger partial charge in [-0.25, -0.2) is 0 Å². The highest BCUT2D eigenvalue weighted by molar-refractivity contribution is 8.01. The summed E-state index contributed by atoms with van der Waals surface area (Å²) < 4.78 is 0.961. The Morgan fingerprint density at radius 2 is 2.24 bits per heavy atom. The number of benzene rings is 1. The molecule has 2 rings (SSSR count). The van der Waals surface area contributed by atoms with Gasteiger partial charge in [-0.2, -0.15) is 5.26 Å². The van der Waals surface area contributed by atoms with Gasteiger partial charge in [0.2, 0.25) is 0 Å². The number of nitriles is 1. The zero-order chi connectivity index (χ0) is 12.3. The first-order valence-corrected chi connectivity index (χ1v) is 6.30. The molecule has 17 heavy (non-hydrogen) atoms. The maximum absolute atomic E-state index is 10.9. The van der Waals surface area contributed by atoms with Crippen molar-refractivity contribution in [3.8, 4) is 6.07 Å². The van der Waals surface area contributed by atoms with Crippen LogP contribution in [0.3, 0.4) is 0 Å². The molecule has 4 nitrogen and oxygen atoms in total. The fraction of sp³-hybridized carbons (Fsp3) is 0. The number of thiophene rings is 1. The summed E-state index contributed by atoms with van der Waals surface area (Å²) in [5, 5.41) is 21.6. The van der Waals surface area contributed by atoms with Crippen LogP contribution in [0.1, 0.15) is 5.56 Å². The van der Waals surface area contributed by atoms with Gasteiger partial charge in [-0.05, 0) is 23.6 Å². The number of rotatable bonds is 3. The van der Waals surface area contributed by atoms with E-state index in [0.29, 0.717) is 10.5 Å². The van der Waals surface area contributed by atoms with Crippen molar-refractivity contribution >= 4 is 28.8 Å². The van der Waals surface area contributed by atoms with E-state index in [1.807, 2.05) is 23.6 Å². The second-order valence-corrected chi connectivity index (χ2v) is 5.38. The molecule has 1 aromatic carbocycles. The summed E-state index contributed by atoms with van der Waals surface area (Å²) in [5.41, 5.74) is 0.456. The van der Waals surface area contributed by atoms with Gasteiger partial charge in [-0.3, -0.25) is 10.1 Å². The zero-order valence-electron chi connectivity index (χ0n) is 8.49. The van der Waals surface area contributed by atoms with E-state index in [-0.39, 0.29) is 5.69 Å². The van der Waals surface area contributed by atoms with Crippen LogP contribution in [-0.2, 0) is 0 Å². The van der Waals surface area contributed by atoms with Crippen molar-refractivity contribution in [3.05, 3.63) is 51.4 Å². The van der Waals surface area contributed by atoms with E-state index in [4.69, 9.17) is 5.26 Å². The average molecular weight is 262 g/mol. The van der Waals surface area contributed by atoms with E-state index >= 15 is 0 Å². The van der Waals surface area contributed by atoms with Crippen molar-refractivity contribution < 1.29 is 4.92 Å². The van der Waals surface area contributed by atoms with Gasteiger partial charge in [0.15, 0.2) is 0 Å². The molecular weight excluding hydrogens is 256 g/mol. The fourth-order valence-corrected chi connectivity index (χ4v) is 3.12. The first-order valence-electron chi connectivity index (χ1n) is 4.60. The molecule has 0 N–H and O–H groups in total. The summed E-state index contributed by atoms with van der Waals surface area (Å²) in [6, 6.07) is 10.1. The van der Waals surface area contributed by atoms with Gasteiger partial charge in [0.05, 0.1) is 25.7 Å². The van der Waals surface area contributed by atoms with Gasteiger partial charge in [0.1, 0.15) is 0 Å². The third kappa shape index (κ3) is 2.64. The lowest BCUT2D eigenvalue weighted by Crippen LogP contribution is -1.91. The van der Waals surface area contributed by atoms with Crippen molar-refractivity contribution in [2.75, 3.05) is 0 Å². The van der Waals surface area contributed by atoms with Crippen LogP contribution in [0, 0.1) is 21.4 Å². The second-order valence-electron chi connectivity index (χ2n) is 3.09. The monoisotopic (exact) mass is 262 g/mol. The molecule has 0 amide bonds. The minimum absolute atomic E-state index is 0.0300. The Hall–Kier alpha value is -1.84. The summed E-state index contributed by atoms with van der Waals surface area (Å²) in [6.45, 7) is 0. The number of nitrogens with zero attached hydrogens (tertiary/aromatic N) is 2. The minimum Gasteiger partial charge on any atom is -0.258 e. The number of hydrogen-bond donors (Lipinski definition) is 0. The molecule has 0 atom stereocenters. The third-order valence-electron chi connectivity index (χ3n) is 1.99. The van der Waals surface area contributed by atoms with Crippen LogP contribution in [0.5, 0.6) is 0 Å². The second kappa shape index (κ2) is 4.99. The average Bonchev–Trinajstić information content (AvgIpc) is 2.81. The molecule has 0 spiro atoms. The number of nitro groups is 1. The van der Waals surface area contributed by atoms with Crippen LogP contribution in [0.25, 0.3) is 0 Å². The van der Waals surface area contributed by atoms with Crippen molar-refractivity contribution in [1.29, 1.82) is 5.26 Å². The molecule has 0 unspecified atom stereocenters. The van der Waals surface area contributed by atoms with Crippen LogP contribution >= 0.6 is 23.1 Å². The fourth-order valence-electron chi connectivity index (χ4n) is 1.25. The van der Waals surface area contributed by atoms with Gasteiger partial charge in [0, 0.05) is 6.07 Å². The first kappa shape index (κ1) is 11.6. The van der Waals surface area contributed by atoms with Crippen LogP contribution < -0.4 is 0 Å². The van der Waals surface area contributed by atoms with Crippen LogP contribution in [-0.4, -0.2) is 4.92 Å². The Labute approximate surface area is 106 Å². The lowest BCUT2D eigenvalue weighted by atomic mass is 10.2. The normalized spacial score (nSPS) is 9.82. The maximum Gasteiger partial charge on any atom is 0.283 e. The summed E-state index contributed by atoms with van der Waals surface area (Å²) >= 11 is 2.81. The molecule has 0 bridgehead atoms.